The topological polar surface area (TPSA) is 67.7 Å². The van der Waals surface area contributed by atoms with Crippen LogP contribution >= 0.6 is 0 Å². The highest BCUT2D eigenvalue weighted by Crippen LogP contribution is 2.10. The van der Waals surface area contributed by atoms with E-state index >= 15 is 0 Å². The molecule has 1 aliphatic rings. The Balaban J connectivity index is 1.94. The predicted octanol–water partition coefficient (Wildman–Crippen LogP) is 1.59. The number of rotatable bonds is 2. The molecule has 1 aromatic rings. The Hall–Kier alpha value is -1.52. The van der Waals surface area contributed by atoms with E-state index in [1.807, 2.05) is 13.8 Å². The van der Waals surface area contributed by atoms with Crippen molar-refractivity contribution >= 4 is 5.96 Å². The Morgan fingerprint density at radius 2 is 2.06 bits per heavy atom. The molecule has 2 rings (SSSR count). The number of oxazole rings is 1. The van der Waals surface area contributed by atoms with Gasteiger partial charge >= 0.3 is 0 Å². The summed E-state index contributed by atoms with van der Waals surface area (Å²) in [6.07, 6.45) is 3.70. The number of guanidine groups is 1. The van der Waals surface area contributed by atoms with E-state index in [-0.39, 0.29) is 0 Å². The lowest BCUT2D eigenvalue weighted by Gasteiger charge is -2.27. The van der Waals surface area contributed by atoms with Crippen molar-refractivity contribution in [3.05, 3.63) is 17.3 Å². The van der Waals surface area contributed by atoms with Crippen LogP contribution in [0.4, 0.5) is 0 Å². The minimum absolute atomic E-state index is 0.428. The smallest absolute Gasteiger partial charge is 0.216 e. The summed E-state index contributed by atoms with van der Waals surface area (Å²) in [6, 6.07) is 0. The van der Waals surface area contributed by atoms with Gasteiger partial charge in [0.15, 0.2) is 5.96 Å². The number of aliphatic imine (C=N–C) groups is 1. The quantitative estimate of drug-likeness (QED) is 0.625. The van der Waals surface area contributed by atoms with E-state index in [4.69, 9.17) is 10.2 Å². The zero-order valence-electron chi connectivity index (χ0n) is 10.6. The molecule has 0 amide bonds. The van der Waals surface area contributed by atoms with Gasteiger partial charge in [-0.05, 0) is 33.1 Å². The largest absolute Gasteiger partial charge is 0.444 e. The first kappa shape index (κ1) is 12.0. The fourth-order valence-corrected chi connectivity index (χ4v) is 1.98. The maximum absolute atomic E-state index is 5.95. The van der Waals surface area contributed by atoms with Gasteiger partial charge in [-0.3, -0.25) is 0 Å². The number of piperidine rings is 1. The second-order valence-electron chi connectivity index (χ2n) is 4.47. The summed E-state index contributed by atoms with van der Waals surface area (Å²) in [5.74, 6) is 2.10. The molecule has 0 radical (unpaired) electrons. The zero-order chi connectivity index (χ0) is 12.3. The van der Waals surface area contributed by atoms with Crippen LogP contribution < -0.4 is 5.73 Å². The molecule has 1 aromatic heterocycles. The SMILES string of the molecule is Cc1nc(CN=C(N)N2CCCCC2)oc1C. The van der Waals surface area contributed by atoms with Gasteiger partial charge in [0.2, 0.25) is 5.89 Å². The molecule has 5 nitrogen and oxygen atoms in total. The Bertz CT molecular complexity index is 385. The van der Waals surface area contributed by atoms with E-state index in [2.05, 4.69) is 14.9 Å². The standard InChI is InChI=1S/C12H20N4O/c1-9-10(2)17-11(15-9)8-14-12(13)16-6-4-3-5-7-16/h3-8H2,1-2H3,(H2,13,14). The summed E-state index contributed by atoms with van der Waals surface area (Å²) in [4.78, 5) is 10.7. The summed E-state index contributed by atoms with van der Waals surface area (Å²) < 4.78 is 5.46. The van der Waals surface area contributed by atoms with Gasteiger partial charge in [-0.1, -0.05) is 0 Å². The van der Waals surface area contributed by atoms with Gasteiger partial charge in [0.25, 0.3) is 0 Å². The molecule has 0 unspecified atom stereocenters. The van der Waals surface area contributed by atoms with Gasteiger partial charge in [0.05, 0.1) is 5.69 Å². The van der Waals surface area contributed by atoms with Crippen molar-refractivity contribution in [1.82, 2.24) is 9.88 Å². The normalized spacial score (nSPS) is 17.5. The highest BCUT2D eigenvalue weighted by molar-refractivity contribution is 5.78. The number of nitrogens with zero attached hydrogens (tertiary/aromatic N) is 3. The molecule has 0 spiro atoms. The molecule has 2 heterocycles. The van der Waals surface area contributed by atoms with Crippen LogP contribution in [-0.2, 0) is 6.54 Å². The summed E-state index contributed by atoms with van der Waals surface area (Å²) in [5, 5.41) is 0. The monoisotopic (exact) mass is 236 g/mol. The first-order valence-electron chi connectivity index (χ1n) is 6.14. The van der Waals surface area contributed by atoms with E-state index in [0.717, 1.165) is 24.5 Å². The maximum atomic E-state index is 5.95. The maximum Gasteiger partial charge on any atom is 0.216 e. The minimum Gasteiger partial charge on any atom is -0.444 e. The van der Waals surface area contributed by atoms with Gasteiger partial charge in [0, 0.05) is 13.1 Å². The molecular weight excluding hydrogens is 216 g/mol. The third-order valence-electron chi connectivity index (χ3n) is 3.13. The summed E-state index contributed by atoms with van der Waals surface area (Å²) >= 11 is 0. The van der Waals surface area contributed by atoms with Crippen molar-refractivity contribution in [3.63, 3.8) is 0 Å². The zero-order valence-corrected chi connectivity index (χ0v) is 10.6. The lowest BCUT2D eigenvalue weighted by molar-refractivity contribution is 0.337. The van der Waals surface area contributed by atoms with Crippen LogP contribution in [0.25, 0.3) is 0 Å². The minimum atomic E-state index is 0.428. The van der Waals surface area contributed by atoms with Crippen molar-refractivity contribution in [1.29, 1.82) is 0 Å². The summed E-state index contributed by atoms with van der Waals surface area (Å²) in [6.45, 7) is 6.29. The highest BCUT2D eigenvalue weighted by Gasteiger charge is 2.12. The molecule has 0 bridgehead atoms. The number of hydrogen-bond donors (Lipinski definition) is 1. The van der Waals surface area contributed by atoms with Crippen LogP contribution in [0.5, 0.6) is 0 Å². The van der Waals surface area contributed by atoms with Crippen LogP contribution in [0.1, 0.15) is 36.6 Å². The highest BCUT2D eigenvalue weighted by atomic mass is 16.4. The molecular formula is C12H20N4O. The van der Waals surface area contributed by atoms with E-state index in [0.29, 0.717) is 18.4 Å². The van der Waals surface area contributed by atoms with Gasteiger partial charge in [-0.25, -0.2) is 9.98 Å². The Labute approximate surface area is 102 Å². The van der Waals surface area contributed by atoms with Crippen LogP contribution in [0.3, 0.4) is 0 Å². The molecule has 1 aliphatic heterocycles. The van der Waals surface area contributed by atoms with Gasteiger partial charge in [-0.2, -0.15) is 0 Å². The van der Waals surface area contributed by atoms with Gasteiger partial charge < -0.3 is 15.1 Å². The van der Waals surface area contributed by atoms with E-state index < -0.39 is 0 Å². The van der Waals surface area contributed by atoms with Crippen molar-refractivity contribution in [2.45, 2.75) is 39.7 Å². The van der Waals surface area contributed by atoms with Crippen molar-refractivity contribution in [2.24, 2.45) is 10.7 Å². The molecule has 1 fully saturated rings. The van der Waals surface area contributed by atoms with E-state index in [9.17, 15) is 0 Å². The second-order valence-corrected chi connectivity index (χ2v) is 4.47. The van der Waals surface area contributed by atoms with Gasteiger partial charge in [0.1, 0.15) is 12.3 Å². The summed E-state index contributed by atoms with van der Waals surface area (Å²) in [7, 11) is 0. The van der Waals surface area contributed by atoms with Crippen molar-refractivity contribution in [3.8, 4) is 0 Å². The molecule has 2 N–H and O–H groups in total. The molecule has 0 aliphatic carbocycles. The molecule has 0 saturated carbocycles. The second kappa shape index (κ2) is 5.21. The molecule has 5 heteroatoms. The fourth-order valence-electron chi connectivity index (χ4n) is 1.98. The molecule has 1 saturated heterocycles. The number of aryl methyl sites for hydroxylation is 2. The van der Waals surface area contributed by atoms with Crippen LogP contribution in [0.2, 0.25) is 0 Å². The number of hydrogen-bond acceptors (Lipinski definition) is 3. The van der Waals surface area contributed by atoms with Crippen LogP contribution in [-0.4, -0.2) is 28.9 Å². The first-order valence-corrected chi connectivity index (χ1v) is 6.14. The molecule has 17 heavy (non-hydrogen) atoms. The average Bonchev–Trinajstić information content (AvgIpc) is 2.67. The molecule has 0 atom stereocenters. The first-order chi connectivity index (χ1) is 8.16. The third-order valence-corrected chi connectivity index (χ3v) is 3.13. The number of nitrogens with two attached hydrogens (primary N) is 1. The number of likely N-dealkylation sites (tertiary alicyclic amines) is 1. The lowest BCUT2D eigenvalue weighted by Crippen LogP contribution is -2.40. The Morgan fingerprint density at radius 3 is 2.65 bits per heavy atom. The third kappa shape index (κ3) is 2.99. The predicted molar refractivity (Wildman–Crippen MR) is 66.7 cm³/mol. The number of aromatic nitrogens is 1. The van der Waals surface area contributed by atoms with Gasteiger partial charge in [-0.15, -0.1) is 0 Å². The van der Waals surface area contributed by atoms with Crippen molar-refractivity contribution < 1.29 is 4.42 Å². The fraction of sp³-hybridized carbons (Fsp3) is 0.667. The average molecular weight is 236 g/mol. The van der Waals surface area contributed by atoms with E-state index in [1.54, 1.807) is 0 Å². The Morgan fingerprint density at radius 1 is 1.35 bits per heavy atom. The lowest BCUT2D eigenvalue weighted by atomic mass is 10.1. The van der Waals surface area contributed by atoms with Crippen LogP contribution in [0, 0.1) is 13.8 Å². The molecule has 0 aromatic carbocycles. The Kier molecular flexibility index (Phi) is 3.66. The van der Waals surface area contributed by atoms with E-state index in [1.165, 1.54) is 19.3 Å². The van der Waals surface area contributed by atoms with Crippen molar-refractivity contribution in [2.75, 3.05) is 13.1 Å². The molecule has 94 valence electrons. The summed E-state index contributed by atoms with van der Waals surface area (Å²) in [5.41, 5.74) is 6.87. The van der Waals surface area contributed by atoms with Crippen LogP contribution in [0.15, 0.2) is 9.41 Å².